The van der Waals surface area contributed by atoms with E-state index in [1.165, 1.54) is 6.33 Å². The third-order valence-corrected chi connectivity index (χ3v) is 3.71. The fourth-order valence-electron chi connectivity index (χ4n) is 1.97. The van der Waals surface area contributed by atoms with Crippen molar-refractivity contribution in [2.75, 3.05) is 21.9 Å². The van der Waals surface area contributed by atoms with Crippen molar-refractivity contribution in [3.05, 3.63) is 64.9 Å². The molecule has 8 heteroatoms. The van der Waals surface area contributed by atoms with Crippen LogP contribution in [0.15, 0.2) is 54.9 Å². The van der Waals surface area contributed by atoms with Gasteiger partial charge < -0.3 is 11.1 Å². The molecule has 1 aromatic heterocycles. The lowest BCUT2D eigenvalue weighted by atomic mass is 10.3. The summed E-state index contributed by atoms with van der Waals surface area (Å²) in [5, 5.41) is 4.09. The molecular formula is C16H14Cl2N6. The summed E-state index contributed by atoms with van der Waals surface area (Å²) >= 11 is 12.0. The lowest BCUT2D eigenvalue weighted by Crippen LogP contribution is -2.13. The molecule has 0 amide bonds. The van der Waals surface area contributed by atoms with Crippen molar-refractivity contribution in [3.63, 3.8) is 0 Å². The molecule has 24 heavy (non-hydrogen) atoms. The number of rotatable bonds is 5. The highest BCUT2D eigenvalue weighted by atomic mass is 35.5. The van der Waals surface area contributed by atoms with E-state index in [-0.39, 0.29) is 0 Å². The van der Waals surface area contributed by atoms with E-state index in [0.717, 1.165) is 5.69 Å². The van der Waals surface area contributed by atoms with Crippen LogP contribution in [0.5, 0.6) is 0 Å². The number of halogens is 2. The Morgan fingerprint density at radius 2 is 1.62 bits per heavy atom. The minimum atomic E-state index is 0.354. The van der Waals surface area contributed by atoms with Crippen LogP contribution in [0.25, 0.3) is 0 Å². The number of hydrogen-bond donors (Lipinski definition) is 4. The Morgan fingerprint density at radius 3 is 2.38 bits per heavy atom. The van der Waals surface area contributed by atoms with Gasteiger partial charge in [-0.05, 0) is 30.3 Å². The third-order valence-electron chi connectivity index (χ3n) is 3.17. The summed E-state index contributed by atoms with van der Waals surface area (Å²) in [5.41, 5.74) is 14.0. The van der Waals surface area contributed by atoms with Crippen LogP contribution < -0.4 is 21.9 Å². The van der Waals surface area contributed by atoms with Gasteiger partial charge in [-0.2, -0.15) is 0 Å². The second kappa shape index (κ2) is 7.25. The molecule has 2 aromatic carbocycles. The maximum atomic E-state index is 6.15. The van der Waals surface area contributed by atoms with Gasteiger partial charge in [-0.25, -0.2) is 9.97 Å². The lowest BCUT2D eigenvalue weighted by molar-refractivity contribution is 1.16. The van der Waals surface area contributed by atoms with E-state index >= 15 is 0 Å². The molecule has 0 unspecified atom stereocenters. The number of anilines is 5. The third kappa shape index (κ3) is 3.79. The SMILES string of the molecule is Nc1c(NNc2ccccc2)ncnc1Nc1ccc(Cl)cc1Cl. The average Bonchev–Trinajstić information content (AvgIpc) is 2.59. The molecule has 0 aliphatic carbocycles. The molecule has 5 N–H and O–H groups in total. The molecule has 0 radical (unpaired) electrons. The first-order valence-corrected chi connectivity index (χ1v) is 7.78. The zero-order valence-electron chi connectivity index (χ0n) is 12.4. The number of hydrogen-bond acceptors (Lipinski definition) is 6. The summed E-state index contributed by atoms with van der Waals surface area (Å²) in [7, 11) is 0. The first kappa shape index (κ1) is 16.2. The summed E-state index contributed by atoms with van der Waals surface area (Å²) in [6.07, 6.45) is 1.40. The van der Waals surface area contributed by atoms with E-state index in [9.17, 15) is 0 Å². The van der Waals surface area contributed by atoms with Gasteiger partial charge in [-0.3, -0.25) is 10.9 Å². The number of nitrogens with one attached hydrogen (secondary N) is 3. The Morgan fingerprint density at radius 1 is 0.875 bits per heavy atom. The molecule has 0 spiro atoms. The number of para-hydroxylation sites is 1. The van der Waals surface area contributed by atoms with Gasteiger partial charge in [0, 0.05) is 5.02 Å². The van der Waals surface area contributed by atoms with Crippen LogP contribution in [0.4, 0.5) is 28.7 Å². The molecule has 6 nitrogen and oxygen atoms in total. The predicted molar refractivity (Wildman–Crippen MR) is 99.9 cm³/mol. The van der Waals surface area contributed by atoms with Crippen molar-refractivity contribution in [2.24, 2.45) is 0 Å². The van der Waals surface area contributed by atoms with Gasteiger partial charge in [0.25, 0.3) is 0 Å². The van der Waals surface area contributed by atoms with Gasteiger partial charge in [-0.1, -0.05) is 41.4 Å². The van der Waals surface area contributed by atoms with E-state index in [1.807, 2.05) is 30.3 Å². The van der Waals surface area contributed by atoms with E-state index in [1.54, 1.807) is 18.2 Å². The highest BCUT2D eigenvalue weighted by molar-refractivity contribution is 6.36. The number of aromatic nitrogens is 2. The molecule has 0 atom stereocenters. The zero-order valence-corrected chi connectivity index (χ0v) is 13.9. The second-order valence-corrected chi connectivity index (χ2v) is 5.69. The average molecular weight is 361 g/mol. The maximum Gasteiger partial charge on any atom is 0.173 e. The molecule has 0 aliphatic heterocycles. The van der Waals surface area contributed by atoms with Crippen LogP contribution in [0, 0.1) is 0 Å². The quantitative estimate of drug-likeness (QED) is 0.499. The molecular weight excluding hydrogens is 347 g/mol. The molecule has 122 valence electrons. The normalized spacial score (nSPS) is 10.2. The first-order valence-electron chi connectivity index (χ1n) is 7.03. The summed E-state index contributed by atoms with van der Waals surface area (Å²) in [5.74, 6) is 0.882. The Bertz CT molecular complexity index is 841. The van der Waals surface area contributed by atoms with Crippen molar-refractivity contribution < 1.29 is 0 Å². The standard InChI is InChI=1S/C16H14Cl2N6/c17-10-6-7-13(12(18)8-10)22-15-14(19)16(21-9-20-15)24-23-11-4-2-1-3-5-11/h1-9,23H,19H2,(H2,20,21,22,24). The summed E-state index contributed by atoms with van der Waals surface area (Å²) in [6.45, 7) is 0. The van der Waals surface area contributed by atoms with E-state index in [0.29, 0.717) is 33.1 Å². The Balaban J connectivity index is 1.78. The van der Waals surface area contributed by atoms with Crippen molar-refractivity contribution in [3.8, 4) is 0 Å². The largest absolute Gasteiger partial charge is 0.393 e. The second-order valence-electron chi connectivity index (χ2n) is 4.85. The molecule has 0 saturated carbocycles. The van der Waals surface area contributed by atoms with Crippen LogP contribution >= 0.6 is 23.2 Å². The minimum Gasteiger partial charge on any atom is -0.393 e. The number of nitrogen functional groups attached to an aromatic ring is 1. The zero-order chi connectivity index (χ0) is 16.9. The first-order chi connectivity index (χ1) is 11.6. The van der Waals surface area contributed by atoms with Crippen molar-refractivity contribution in [1.82, 2.24) is 9.97 Å². The fraction of sp³-hybridized carbons (Fsp3) is 0. The van der Waals surface area contributed by atoms with Crippen LogP contribution in [-0.4, -0.2) is 9.97 Å². The van der Waals surface area contributed by atoms with Crippen molar-refractivity contribution in [2.45, 2.75) is 0 Å². The van der Waals surface area contributed by atoms with Crippen LogP contribution in [0.3, 0.4) is 0 Å². The van der Waals surface area contributed by atoms with Gasteiger partial charge in [-0.15, -0.1) is 0 Å². The van der Waals surface area contributed by atoms with Gasteiger partial charge in [0.2, 0.25) is 0 Å². The maximum absolute atomic E-state index is 6.15. The number of nitrogens with zero attached hydrogens (tertiary/aromatic N) is 2. The van der Waals surface area contributed by atoms with E-state index in [4.69, 9.17) is 28.9 Å². The van der Waals surface area contributed by atoms with Crippen molar-refractivity contribution in [1.29, 1.82) is 0 Å². The molecule has 0 bridgehead atoms. The van der Waals surface area contributed by atoms with Crippen molar-refractivity contribution >= 4 is 51.9 Å². The predicted octanol–water partition coefficient (Wildman–Crippen LogP) is 4.55. The molecule has 0 fully saturated rings. The highest BCUT2D eigenvalue weighted by Gasteiger charge is 2.10. The topological polar surface area (TPSA) is 87.9 Å². The van der Waals surface area contributed by atoms with Gasteiger partial charge in [0.05, 0.1) is 16.4 Å². The Labute approximate surface area is 149 Å². The van der Waals surface area contributed by atoms with Crippen LogP contribution in [-0.2, 0) is 0 Å². The van der Waals surface area contributed by atoms with Gasteiger partial charge in [0.15, 0.2) is 11.6 Å². The smallest absolute Gasteiger partial charge is 0.173 e. The molecule has 3 rings (SSSR count). The highest BCUT2D eigenvalue weighted by Crippen LogP contribution is 2.31. The number of hydrazine groups is 1. The Hall–Kier alpha value is -2.70. The number of benzene rings is 2. The number of nitrogens with two attached hydrogens (primary N) is 1. The lowest BCUT2D eigenvalue weighted by Gasteiger charge is -2.14. The van der Waals surface area contributed by atoms with Crippen LogP contribution in [0.1, 0.15) is 0 Å². The van der Waals surface area contributed by atoms with Gasteiger partial charge >= 0.3 is 0 Å². The fourth-order valence-corrected chi connectivity index (χ4v) is 2.42. The summed E-state index contributed by atoms with van der Waals surface area (Å²) < 4.78 is 0. The molecule has 1 heterocycles. The summed E-state index contributed by atoms with van der Waals surface area (Å²) in [6, 6.07) is 14.7. The Kier molecular flexibility index (Phi) is 4.88. The van der Waals surface area contributed by atoms with Gasteiger partial charge in [0.1, 0.15) is 12.0 Å². The summed E-state index contributed by atoms with van der Waals surface area (Å²) in [4.78, 5) is 8.27. The van der Waals surface area contributed by atoms with E-state index < -0.39 is 0 Å². The molecule has 3 aromatic rings. The molecule has 0 saturated heterocycles. The van der Waals surface area contributed by atoms with Crippen LogP contribution in [0.2, 0.25) is 10.0 Å². The van der Waals surface area contributed by atoms with E-state index in [2.05, 4.69) is 26.1 Å². The molecule has 0 aliphatic rings. The monoisotopic (exact) mass is 360 g/mol. The minimum absolute atomic E-state index is 0.354.